The van der Waals surface area contributed by atoms with E-state index < -0.39 is 6.04 Å². The number of rotatable bonds is 4. The number of carbonyl (C=O) groups excluding carboxylic acids is 1. The number of nitrogens with two attached hydrogens (primary N) is 1. The summed E-state index contributed by atoms with van der Waals surface area (Å²) in [7, 11) is 0. The number of nitrogens with one attached hydrogen (secondary N) is 1. The Morgan fingerprint density at radius 2 is 2.05 bits per heavy atom. The molecule has 2 aliphatic rings. The first-order valence-electron chi connectivity index (χ1n) is 7.73. The third kappa shape index (κ3) is 2.73. The molecule has 0 aliphatic heterocycles. The minimum atomic E-state index is -0.547. The van der Waals surface area contributed by atoms with Crippen molar-refractivity contribution in [2.45, 2.75) is 38.6 Å². The van der Waals surface area contributed by atoms with Crippen LogP contribution in [-0.2, 0) is 4.79 Å². The molecule has 4 unspecified atom stereocenters. The fourth-order valence-corrected chi connectivity index (χ4v) is 3.89. The van der Waals surface area contributed by atoms with E-state index in [9.17, 15) is 4.79 Å². The summed E-state index contributed by atoms with van der Waals surface area (Å²) < 4.78 is 0. The van der Waals surface area contributed by atoms with Crippen molar-refractivity contribution in [1.82, 2.24) is 5.32 Å². The van der Waals surface area contributed by atoms with E-state index in [4.69, 9.17) is 5.73 Å². The third-order valence-electron chi connectivity index (χ3n) is 5.14. The Hall–Kier alpha value is -1.35. The summed E-state index contributed by atoms with van der Waals surface area (Å²) in [6, 6.07) is 7.33. The van der Waals surface area contributed by atoms with Gasteiger partial charge < -0.3 is 11.1 Å². The monoisotopic (exact) mass is 272 g/mol. The van der Waals surface area contributed by atoms with Crippen LogP contribution in [0.1, 0.15) is 42.9 Å². The average molecular weight is 272 g/mol. The van der Waals surface area contributed by atoms with Gasteiger partial charge in [-0.25, -0.2) is 0 Å². The van der Waals surface area contributed by atoms with Crippen LogP contribution in [0.3, 0.4) is 0 Å². The van der Waals surface area contributed by atoms with Crippen LogP contribution < -0.4 is 11.1 Å². The summed E-state index contributed by atoms with van der Waals surface area (Å²) in [5, 5.41) is 3.06. The average Bonchev–Trinajstić information content (AvgIpc) is 3.07. The molecule has 0 radical (unpaired) electrons. The zero-order chi connectivity index (χ0) is 14.1. The molecule has 108 valence electrons. The van der Waals surface area contributed by atoms with Gasteiger partial charge in [-0.3, -0.25) is 4.79 Å². The van der Waals surface area contributed by atoms with Crippen molar-refractivity contribution < 1.29 is 4.79 Å². The fraction of sp³-hybridized carbons (Fsp3) is 0.588. The molecule has 3 nitrogen and oxygen atoms in total. The van der Waals surface area contributed by atoms with E-state index in [2.05, 4.69) is 5.32 Å². The first-order chi connectivity index (χ1) is 9.63. The number of amides is 1. The van der Waals surface area contributed by atoms with Gasteiger partial charge in [0.15, 0.2) is 0 Å². The maximum absolute atomic E-state index is 12.2. The van der Waals surface area contributed by atoms with Crippen molar-refractivity contribution in [1.29, 1.82) is 0 Å². The van der Waals surface area contributed by atoms with Crippen molar-refractivity contribution >= 4 is 5.91 Å². The summed E-state index contributed by atoms with van der Waals surface area (Å²) in [4.78, 5) is 12.2. The SMILES string of the molecule is Cc1ccc(C(N)C(=O)NCC2CC3CCC2C3)cc1. The van der Waals surface area contributed by atoms with E-state index in [1.165, 1.54) is 31.2 Å². The van der Waals surface area contributed by atoms with Gasteiger partial charge in [-0.05, 0) is 49.5 Å². The summed E-state index contributed by atoms with van der Waals surface area (Å²) in [6.45, 7) is 2.84. The Morgan fingerprint density at radius 3 is 2.65 bits per heavy atom. The predicted octanol–water partition coefficient (Wildman–Crippen LogP) is 2.55. The number of aryl methyl sites for hydroxylation is 1. The lowest BCUT2D eigenvalue weighted by Gasteiger charge is -2.22. The number of hydrogen-bond acceptors (Lipinski definition) is 2. The first-order valence-corrected chi connectivity index (χ1v) is 7.73. The highest BCUT2D eigenvalue weighted by atomic mass is 16.2. The van der Waals surface area contributed by atoms with E-state index in [1.54, 1.807) is 0 Å². The van der Waals surface area contributed by atoms with Gasteiger partial charge in [-0.15, -0.1) is 0 Å². The molecule has 0 saturated heterocycles. The molecule has 4 atom stereocenters. The van der Waals surface area contributed by atoms with Crippen molar-refractivity contribution in [3.05, 3.63) is 35.4 Å². The first kappa shape index (κ1) is 13.6. The molecule has 1 aromatic rings. The summed E-state index contributed by atoms with van der Waals surface area (Å²) in [5.74, 6) is 2.41. The number of benzene rings is 1. The minimum Gasteiger partial charge on any atom is -0.354 e. The molecule has 20 heavy (non-hydrogen) atoms. The van der Waals surface area contributed by atoms with Crippen LogP contribution in [0.15, 0.2) is 24.3 Å². The smallest absolute Gasteiger partial charge is 0.241 e. The van der Waals surface area contributed by atoms with Gasteiger partial charge in [-0.1, -0.05) is 36.2 Å². The van der Waals surface area contributed by atoms with Crippen molar-refractivity contribution in [2.24, 2.45) is 23.5 Å². The molecule has 2 bridgehead atoms. The molecule has 0 spiro atoms. The van der Waals surface area contributed by atoms with Gasteiger partial charge in [-0.2, -0.15) is 0 Å². The second-order valence-corrected chi connectivity index (χ2v) is 6.57. The van der Waals surface area contributed by atoms with Crippen molar-refractivity contribution in [3.8, 4) is 0 Å². The molecule has 2 fully saturated rings. The molecule has 1 amide bonds. The van der Waals surface area contributed by atoms with Gasteiger partial charge in [0, 0.05) is 6.54 Å². The van der Waals surface area contributed by atoms with Crippen LogP contribution in [0.5, 0.6) is 0 Å². The van der Waals surface area contributed by atoms with E-state index in [0.717, 1.165) is 23.9 Å². The number of fused-ring (bicyclic) bond motifs is 2. The van der Waals surface area contributed by atoms with E-state index in [1.807, 2.05) is 31.2 Å². The Bertz CT molecular complexity index is 482. The van der Waals surface area contributed by atoms with Gasteiger partial charge in [0.05, 0.1) is 0 Å². The van der Waals surface area contributed by atoms with E-state index in [-0.39, 0.29) is 5.91 Å². The Kier molecular flexibility index (Phi) is 3.79. The molecular formula is C17H24N2O. The Labute approximate surface area is 120 Å². The number of hydrogen-bond donors (Lipinski definition) is 2. The summed E-state index contributed by atoms with van der Waals surface area (Å²) in [6.07, 6.45) is 5.43. The lowest BCUT2D eigenvalue weighted by atomic mass is 9.89. The zero-order valence-electron chi connectivity index (χ0n) is 12.1. The highest BCUT2D eigenvalue weighted by Crippen LogP contribution is 2.47. The topological polar surface area (TPSA) is 55.1 Å². The van der Waals surface area contributed by atoms with E-state index in [0.29, 0.717) is 5.92 Å². The highest BCUT2D eigenvalue weighted by Gasteiger charge is 2.39. The predicted molar refractivity (Wildman–Crippen MR) is 80.1 cm³/mol. The molecule has 0 heterocycles. The van der Waals surface area contributed by atoms with Gasteiger partial charge in [0.25, 0.3) is 0 Å². The van der Waals surface area contributed by atoms with Gasteiger partial charge in [0.2, 0.25) is 5.91 Å². The molecule has 2 aliphatic carbocycles. The molecule has 3 heteroatoms. The fourth-order valence-electron chi connectivity index (χ4n) is 3.89. The lowest BCUT2D eigenvalue weighted by Crippen LogP contribution is -2.38. The molecule has 0 aromatic heterocycles. The molecule has 2 saturated carbocycles. The summed E-state index contributed by atoms with van der Waals surface area (Å²) in [5.41, 5.74) is 8.11. The molecule has 3 N–H and O–H groups in total. The second kappa shape index (κ2) is 5.57. The van der Waals surface area contributed by atoms with Crippen LogP contribution in [0.4, 0.5) is 0 Å². The lowest BCUT2D eigenvalue weighted by molar-refractivity contribution is -0.122. The van der Waals surface area contributed by atoms with Crippen LogP contribution in [0, 0.1) is 24.7 Å². The van der Waals surface area contributed by atoms with Gasteiger partial charge >= 0.3 is 0 Å². The van der Waals surface area contributed by atoms with Crippen LogP contribution >= 0.6 is 0 Å². The third-order valence-corrected chi connectivity index (χ3v) is 5.14. The van der Waals surface area contributed by atoms with Crippen LogP contribution in [0.2, 0.25) is 0 Å². The van der Waals surface area contributed by atoms with Crippen molar-refractivity contribution in [2.75, 3.05) is 6.54 Å². The largest absolute Gasteiger partial charge is 0.354 e. The maximum Gasteiger partial charge on any atom is 0.241 e. The van der Waals surface area contributed by atoms with Gasteiger partial charge in [0.1, 0.15) is 6.04 Å². The van der Waals surface area contributed by atoms with E-state index >= 15 is 0 Å². The normalized spacial score (nSPS) is 29.4. The van der Waals surface area contributed by atoms with Crippen LogP contribution in [0.25, 0.3) is 0 Å². The van der Waals surface area contributed by atoms with Crippen molar-refractivity contribution in [3.63, 3.8) is 0 Å². The second-order valence-electron chi connectivity index (χ2n) is 6.57. The standard InChI is InChI=1S/C17H24N2O/c1-11-2-5-13(6-3-11)16(18)17(20)19-10-15-9-12-4-7-14(15)8-12/h2-3,5-6,12,14-16H,4,7-10,18H2,1H3,(H,19,20). The Morgan fingerprint density at radius 1 is 1.30 bits per heavy atom. The Balaban J connectivity index is 1.52. The molecular weight excluding hydrogens is 248 g/mol. The molecule has 1 aromatic carbocycles. The zero-order valence-corrected chi connectivity index (χ0v) is 12.1. The molecule has 3 rings (SSSR count). The highest BCUT2D eigenvalue weighted by molar-refractivity contribution is 5.82. The minimum absolute atomic E-state index is 0.0448. The maximum atomic E-state index is 12.2. The van der Waals surface area contributed by atoms with Crippen LogP contribution in [-0.4, -0.2) is 12.5 Å². The summed E-state index contributed by atoms with van der Waals surface area (Å²) >= 11 is 0. The quantitative estimate of drug-likeness (QED) is 0.885. The number of carbonyl (C=O) groups is 1.